The van der Waals surface area contributed by atoms with Crippen LogP contribution in [0.3, 0.4) is 0 Å². The van der Waals surface area contributed by atoms with Crippen molar-refractivity contribution in [1.29, 1.82) is 0 Å². The Balaban J connectivity index is 1.44. The van der Waals surface area contributed by atoms with E-state index >= 15 is 0 Å². The van der Waals surface area contributed by atoms with E-state index in [0.29, 0.717) is 0 Å². The Morgan fingerprint density at radius 1 is 0.405 bits per heavy atom. The average molecular weight is 580 g/mol. The molecular formula is C39H35NP2. The minimum atomic E-state index is -0.734. The molecule has 3 heteroatoms. The van der Waals surface area contributed by atoms with Gasteiger partial charge in [-0.2, -0.15) is 0 Å². The lowest BCUT2D eigenvalue weighted by Gasteiger charge is -2.34. The van der Waals surface area contributed by atoms with Gasteiger partial charge in [0.1, 0.15) is 0 Å². The number of rotatable bonds is 11. The molecule has 0 saturated carbocycles. The fourth-order valence-electron chi connectivity index (χ4n) is 5.41. The van der Waals surface area contributed by atoms with Crippen LogP contribution in [0.15, 0.2) is 176 Å². The van der Waals surface area contributed by atoms with E-state index < -0.39 is 16.0 Å². The molecule has 0 aliphatic rings. The summed E-state index contributed by atoms with van der Waals surface area (Å²) in [5.74, 6) is 0. The van der Waals surface area contributed by atoms with Crippen molar-refractivity contribution in [1.82, 2.24) is 4.67 Å². The third kappa shape index (κ3) is 6.95. The summed E-state index contributed by atoms with van der Waals surface area (Å²) in [7, 11) is -1.43. The van der Waals surface area contributed by atoms with Gasteiger partial charge >= 0.3 is 0 Å². The molecule has 6 aromatic carbocycles. The Labute approximate surface area is 253 Å². The van der Waals surface area contributed by atoms with Crippen LogP contribution in [0.5, 0.6) is 0 Å². The molecule has 0 fully saturated rings. The molecule has 1 nitrogen and oxygen atoms in total. The summed E-state index contributed by atoms with van der Waals surface area (Å²) in [5.41, 5.74) is 2.78. The maximum absolute atomic E-state index is 2.75. The first-order valence-electron chi connectivity index (χ1n) is 14.5. The Morgan fingerprint density at radius 2 is 0.810 bits per heavy atom. The summed E-state index contributed by atoms with van der Waals surface area (Å²) < 4.78 is 2.75. The molecule has 0 unspecified atom stereocenters. The van der Waals surface area contributed by atoms with Crippen molar-refractivity contribution in [3.05, 3.63) is 187 Å². The molecular weight excluding hydrogens is 544 g/mol. The zero-order chi connectivity index (χ0) is 28.4. The molecule has 0 N–H and O–H groups in total. The maximum Gasteiger partial charge on any atom is 0.0284 e. The van der Waals surface area contributed by atoms with Crippen molar-refractivity contribution in [3.8, 4) is 0 Å². The molecule has 0 amide bonds. The van der Waals surface area contributed by atoms with Crippen molar-refractivity contribution in [2.45, 2.75) is 13.0 Å². The Bertz CT molecular complexity index is 1560. The fraction of sp³-hybridized carbons (Fsp3) is 0.0769. The first-order chi connectivity index (χ1) is 20.9. The normalized spacial score (nSPS) is 11.3. The van der Waals surface area contributed by atoms with Crippen molar-refractivity contribution >= 4 is 42.5 Å². The highest BCUT2D eigenvalue weighted by atomic mass is 31.1. The highest BCUT2D eigenvalue weighted by Crippen LogP contribution is 2.41. The predicted molar refractivity (Wildman–Crippen MR) is 185 cm³/mol. The van der Waals surface area contributed by atoms with Crippen molar-refractivity contribution < 1.29 is 0 Å². The van der Waals surface area contributed by atoms with Gasteiger partial charge in [-0.1, -0.05) is 176 Å². The molecule has 42 heavy (non-hydrogen) atoms. The topological polar surface area (TPSA) is 3.24 Å². The molecule has 0 aromatic heterocycles. The van der Waals surface area contributed by atoms with Crippen LogP contribution in [0.4, 0.5) is 0 Å². The standard InChI is InChI=1S/C39H35NP2/c1-6-18-33(19-7-1)30-31-40(42(37-25-12-4-13-26-37)38-27-14-5-15-28-38)32-34-20-16-17-29-39(34)41(35-21-8-2-9-22-35)36-23-10-3-11-24-36/h1-29H,30-32H2. The van der Waals surface area contributed by atoms with Crippen LogP contribution in [0.2, 0.25) is 0 Å². The summed E-state index contributed by atoms with van der Waals surface area (Å²) in [5, 5.41) is 6.98. The number of nitrogens with zero attached hydrogens (tertiary/aromatic N) is 1. The summed E-state index contributed by atoms with van der Waals surface area (Å²) in [6.45, 7) is 1.86. The first-order valence-corrected chi connectivity index (χ1v) is 17.2. The first kappa shape index (κ1) is 28.3. The van der Waals surface area contributed by atoms with Gasteiger partial charge in [0.2, 0.25) is 0 Å². The molecule has 0 spiro atoms. The maximum atomic E-state index is 2.75. The van der Waals surface area contributed by atoms with Crippen LogP contribution in [0.1, 0.15) is 11.1 Å². The van der Waals surface area contributed by atoms with Gasteiger partial charge in [0.05, 0.1) is 0 Å². The Hall–Kier alpha value is -3.86. The van der Waals surface area contributed by atoms with E-state index in [2.05, 4.69) is 181 Å². The van der Waals surface area contributed by atoms with E-state index in [4.69, 9.17) is 0 Å². The highest BCUT2D eigenvalue weighted by Gasteiger charge is 2.25. The van der Waals surface area contributed by atoms with Crippen molar-refractivity contribution in [3.63, 3.8) is 0 Å². The summed E-state index contributed by atoms with van der Waals surface area (Å²) in [6, 6.07) is 64.4. The van der Waals surface area contributed by atoms with Crippen molar-refractivity contribution in [2.24, 2.45) is 0 Å². The fourth-order valence-corrected chi connectivity index (χ4v) is 10.3. The minimum absolute atomic E-state index is 0.698. The molecule has 0 aliphatic carbocycles. The van der Waals surface area contributed by atoms with E-state index in [0.717, 1.165) is 19.5 Å². The van der Waals surface area contributed by atoms with Crippen LogP contribution in [0.25, 0.3) is 0 Å². The van der Waals surface area contributed by atoms with Crippen LogP contribution in [-0.4, -0.2) is 11.2 Å². The second-order valence-electron chi connectivity index (χ2n) is 10.2. The van der Waals surface area contributed by atoms with Crippen LogP contribution in [-0.2, 0) is 13.0 Å². The predicted octanol–water partition coefficient (Wildman–Crippen LogP) is 7.54. The lowest BCUT2D eigenvalue weighted by molar-refractivity contribution is 0.462. The van der Waals surface area contributed by atoms with E-state index in [1.165, 1.54) is 37.6 Å². The van der Waals surface area contributed by atoms with Crippen LogP contribution >= 0.6 is 16.0 Å². The number of hydrogen-bond donors (Lipinski definition) is 0. The Morgan fingerprint density at radius 3 is 1.31 bits per heavy atom. The number of hydrogen-bond acceptors (Lipinski definition) is 1. The van der Waals surface area contributed by atoms with Crippen LogP contribution < -0.4 is 26.5 Å². The third-order valence-corrected chi connectivity index (χ3v) is 12.4. The zero-order valence-electron chi connectivity index (χ0n) is 23.7. The smallest absolute Gasteiger partial charge is 0.0284 e. The molecule has 0 aliphatic heterocycles. The van der Waals surface area contributed by atoms with E-state index in [1.807, 2.05) is 0 Å². The largest absolute Gasteiger partial charge is 0.270 e. The second kappa shape index (κ2) is 14.4. The zero-order valence-corrected chi connectivity index (χ0v) is 25.5. The monoisotopic (exact) mass is 579 g/mol. The lowest BCUT2D eigenvalue weighted by atomic mass is 10.1. The van der Waals surface area contributed by atoms with E-state index in [9.17, 15) is 0 Å². The highest BCUT2D eigenvalue weighted by molar-refractivity contribution is 7.80. The van der Waals surface area contributed by atoms with Gasteiger partial charge < -0.3 is 0 Å². The average Bonchev–Trinajstić information content (AvgIpc) is 3.07. The second-order valence-corrected chi connectivity index (χ2v) is 14.6. The summed E-state index contributed by atoms with van der Waals surface area (Å²) >= 11 is 0. The molecule has 6 aromatic rings. The molecule has 0 bridgehead atoms. The van der Waals surface area contributed by atoms with Gasteiger partial charge in [-0.3, -0.25) is 4.67 Å². The number of benzene rings is 6. The third-order valence-electron chi connectivity index (χ3n) is 7.40. The van der Waals surface area contributed by atoms with Crippen LogP contribution in [0, 0.1) is 0 Å². The van der Waals surface area contributed by atoms with E-state index in [1.54, 1.807) is 0 Å². The van der Waals surface area contributed by atoms with Gasteiger partial charge in [0.25, 0.3) is 0 Å². The quantitative estimate of drug-likeness (QED) is 0.143. The van der Waals surface area contributed by atoms with Gasteiger partial charge in [-0.25, -0.2) is 0 Å². The van der Waals surface area contributed by atoms with E-state index in [-0.39, 0.29) is 0 Å². The van der Waals surface area contributed by atoms with Gasteiger partial charge in [-0.05, 0) is 52.0 Å². The molecule has 0 atom stereocenters. The molecule has 0 radical (unpaired) electrons. The molecule has 0 heterocycles. The summed E-state index contributed by atoms with van der Waals surface area (Å²) in [6.07, 6.45) is 1.01. The molecule has 206 valence electrons. The lowest BCUT2D eigenvalue weighted by Crippen LogP contribution is -2.32. The molecule has 6 rings (SSSR count). The van der Waals surface area contributed by atoms with Crippen molar-refractivity contribution in [2.75, 3.05) is 6.54 Å². The minimum Gasteiger partial charge on any atom is -0.270 e. The Kier molecular flexibility index (Phi) is 9.66. The SMILES string of the molecule is c1ccc(CCN(Cc2ccccc2P(c2ccccc2)c2ccccc2)P(c2ccccc2)c2ccccc2)cc1. The van der Waals surface area contributed by atoms with Gasteiger partial charge in [0.15, 0.2) is 0 Å². The molecule has 0 saturated heterocycles. The summed E-state index contributed by atoms with van der Waals surface area (Å²) in [4.78, 5) is 0. The van der Waals surface area contributed by atoms with Gasteiger partial charge in [0, 0.05) is 21.2 Å². The van der Waals surface area contributed by atoms with Gasteiger partial charge in [-0.15, -0.1) is 0 Å².